The Morgan fingerprint density at radius 1 is 1.37 bits per heavy atom. The Morgan fingerprint density at radius 3 is 2.47 bits per heavy atom. The maximum atomic E-state index is 12.6. The zero-order valence-corrected chi connectivity index (χ0v) is 11.7. The van der Waals surface area contributed by atoms with Crippen molar-refractivity contribution in [2.75, 3.05) is 0 Å². The molecule has 2 nitrogen and oxygen atoms in total. The summed E-state index contributed by atoms with van der Waals surface area (Å²) in [5, 5.41) is 2.96. The van der Waals surface area contributed by atoms with Crippen LogP contribution in [0.3, 0.4) is 0 Å². The zero-order chi connectivity index (χ0) is 14.0. The highest BCUT2D eigenvalue weighted by atomic mass is 32.1. The van der Waals surface area contributed by atoms with Gasteiger partial charge < -0.3 is 5.73 Å². The van der Waals surface area contributed by atoms with Gasteiger partial charge in [-0.05, 0) is 38.5 Å². The summed E-state index contributed by atoms with van der Waals surface area (Å²) in [6.07, 6.45) is -1.76. The van der Waals surface area contributed by atoms with E-state index in [2.05, 4.69) is 4.98 Å². The van der Waals surface area contributed by atoms with E-state index in [0.717, 1.165) is 10.7 Å². The fraction of sp³-hybridized carbons (Fsp3) is 0.769. The molecule has 1 aliphatic rings. The zero-order valence-electron chi connectivity index (χ0n) is 10.9. The summed E-state index contributed by atoms with van der Waals surface area (Å²) in [6, 6.07) is -0.0697. The first-order valence-electron chi connectivity index (χ1n) is 6.59. The average molecular weight is 292 g/mol. The molecule has 1 aliphatic carbocycles. The van der Waals surface area contributed by atoms with Crippen molar-refractivity contribution < 1.29 is 13.2 Å². The van der Waals surface area contributed by atoms with Crippen molar-refractivity contribution >= 4 is 11.3 Å². The highest BCUT2D eigenvalue weighted by Crippen LogP contribution is 2.40. The van der Waals surface area contributed by atoms with Gasteiger partial charge in [0, 0.05) is 23.5 Å². The van der Waals surface area contributed by atoms with Gasteiger partial charge in [0.25, 0.3) is 0 Å². The van der Waals surface area contributed by atoms with Crippen molar-refractivity contribution in [2.45, 2.75) is 51.2 Å². The normalized spacial score (nSPS) is 26.4. The third-order valence-corrected chi connectivity index (χ3v) is 4.91. The fourth-order valence-electron chi connectivity index (χ4n) is 2.74. The minimum absolute atomic E-state index is 0.0697. The second-order valence-electron chi connectivity index (χ2n) is 5.40. The lowest BCUT2D eigenvalue weighted by atomic mass is 9.78. The lowest BCUT2D eigenvalue weighted by molar-refractivity contribution is -0.184. The van der Waals surface area contributed by atoms with Gasteiger partial charge in [0.1, 0.15) is 0 Å². The maximum Gasteiger partial charge on any atom is 0.391 e. The molecule has 2 N–H and O–H groups in total. The molecule has 0 radical (unpaired) electrons. The molecule has 0 aromatic carbocycles. The largest absolute Gasteiger partial charge is 0.391 e. The van der Waals surface area contributed by atoms with Crippen molar-refractivity contribution in [1.82, 2.24) is 4.98 Å². The minimum Gasteiger partial charge on any atom is -0.327 e. The molecule has 0 bridgehead atoms. The van der Waals surface area contributed by atoms with Crippen LogP contribution < -0.4 is 5.73 Å². The van der Waals surface area contributed by atoms with Crippen LogP contribution in [0.5, 0.6) is 0 Å². The molecule has 108 valence electrons. The van der Waals surface area contributed by atoms with Crippen molar-refractivity contribution in [3.05, 3.63) is 16.1 Å². The Labute approximate surface area is 115 Å². The van der Waals surface area contributed by atoms with Crippen LogP contribution >= 0.6 is 11.3 Å². The van der Waals surface area contributed by atoms with Crippen LogP contribution in [0, 0.1) is 18.8 Å². The third kappa shape index (κ3) is 3.92. The van der Waals surface area contributed by atoms with Gasteiger partial charge in [-0.15, -0.1) is 11.3 Å². The van der Waals surface area contributed by atoms with Crippen molar-refractivity contribution in [3.63, 3.8) is 0 Å². The standard InChI is InChI=1S/C13H19F3N2S/c1-8-7-19-12(18-8)6-11(17)9-2-4-10(5-3-9)13(14,15)16/h7,9-11H,2-6,17H2,1H3. The van der Waals surface area contributed by atoms with E-state index in [-0.39, 0.29) is 24.8 Å². The lowest BCUT2D eigenvalue weighted by Crippen LogP contribution is -2.37. The Balaban J connectivity index is 1.84. The highest BCUT2D eigenvalue weighted by Gasteiger charge is 2.42. The summed E-state index contributed by atoms with van der Waals surface area (Å²) in [7, 11) is 0. The van der Waals surface area contributed by atoms with Gasteiger partial charge in [-0.25, -0.2) is 4.98 Å². The topological polar surface area (TPSA) is 38.9 Å². The molecule has 2 rings (SSSR count). The van der Waals surface area contributed by atoms with Gasteiger partial charge >= 0.3 is 6.18 Å². The van der Waals surface area contributed by atoms with Crippen LogP contribution in [0.2, 0.25) is 0 Å². The van der Waals surface area contributed by atoms with Gasteiger partial charge in [0.15, 0.2) is 0 Å². The molecule has 1 unspecified atom stereocenters. The van der Waals surface area contributed by atoms with Crippen LogP contribution in [-0.4, -0.2) is 17.2 Å². The molecule has 1 fully saturated rings. The molecule has 0 aliphatic heterocycles. The third-order valence-electron chi connectivity index (χ3n) is 3.92. The van der Waals surface area contributed by atoms with E-state index in [1.807, 2.05) is 12.3 Å². The lowest BCUT2D eigenvalue weighted by Gasteiger charge is -2.32. The summed E-state index contributed by atoms with van der Waals surface area (Å²) < 4.78 is 37.7. The number of aryl methyl sites for hydroxylation is 1. The quantitative estimate of drug-likeness (QED) is 0.922. The molecule has 1 saturated carbocycles. The maximum absolute atomic E-state index is 12.6. The molecular formula is C13H19F3N2S. The Hall–Kier alpha value is -0.620. The molecular weight excluding hydrogens is 273 g/mol. The first kappa shape index (κ1) is 14.8. The predicted octanol–water partition coefficient (Wildman–Crippen LogP) is 3.69. The molecule has 0 spiro atoms. The number of alkyl halides is 3. The van der Waals surface area contributed by atoms with Crippen LogP contribution in [0.15, 0.2) is 5.38 Å². The molecule has 19 heavy (non-hydrogen) atoms. The Kier molecular flexibility index (Phi) is 4.50. The van der Waals surface area contributed by atoms with E-state index in [4.69, 9.17) is 5.73 Å². The van der Waals surface area contributed by atoms with E-state index in [9.17, 15) is 13.2 Å². The molecule has 1 atom stereocenters. The van der Waals surface area contributed by atoms with Gasteiger partial charge in [0.05, 0.1) is 10.9 Å². The number of nitrogens with two attached hydrogens (primary N) is 1. The first-order valence-corrected chi connectivity index (χ1v) is 7.47. The summed E-state index contributed by atoms with van der Waals surface area (Å²) in [5.74, 6) is -0.930. The molecule has 0 saturated heterocycles. The van der Waals surface area contributed by atoms with Gasteiger partial charge in [-0.1, -0.05) is 0 Å². The number of hydrogen-bond donors (Lipinski definition) is 1. The number of rotatable bonds is 3. The molecule has 1 aromatic rings. The Bertz CT molecular complexity index is 408. The summed E-state index contributed by atoms with van der Waals surface area (Å²) in [6.45, 7) is 1.93. The van der Waals surface area contributed by atoms with E-state index >= 15 is 0 Å². The number of thiazole rings is 1. The van der Waals surface area contributed by atoms with Crippen molar-refractivity contribution in [1.29, 1.82) is 0 Å². The first-order chi connectivity index (χ1) is 8.86. The number of aromatic nitrogens is 1. The monoisotopic (exact) mass is 292 g/mol. The van der Waals surface area contributed by atoms with Crippen LogP contribution in [0.25, 0.3) is 0 Å². The van der Waals surface area contributed by atoms with E-state index in [1.54, 1.807) is 11.3 Å². The van der Waals surface area contributed by atoms with E-state index in [1.165, 1.54) is 0 Å². The minimum atomic E-state index is -4.04. The van der Waals surface area contributed by atoms with E-state index < -0.39 is 12.1 Å². The SMILES string of the molecule is Cc1csc(CC(N)C2CCC(C(F)(F)F)CC2)n1. The van der Waals surface area contributed by atoms with Crippen LogP contribution in [-0.2, 0) is 6.42 Å². The second-order valence-corrected chi connectivity index (χ2v) is 6.35. The van der Waals surface area contributed by atoms with Crippen LogP contribution in [0.1, 0.15) is 36.4 Å². The molecule has 1 aromatic heterocycles. The van der Waals surface area contributed by atoms with Crippen LogP contribution in [0.4, 0.5) is 13.2 Å². The van der Waals surface area contributed by atoms with Crippen molar-refractivity contribution in [2.24, 2.45) is 17.6 Å². The van der Waals surface area contributed by atoms with Gasteiger partial charge in [-0.2, -0.15) is 13.2 Å². The highest BCUT2D eigenvalue weighted by molar-refractivity contribution is 7.09. The van der Waals surface area contributed by atoms with Gasteiger partial charge in [0.2, 0.25) is 0 Å². The van der Waals surface area contributed by atoms with Crippen molar-refractivity contribution in [3.8, 4) is 0 Å². The Morgan fingerprint density at radius 2 is 2.00 bits per heavy atom. The number of halogens is 3. The summed E-state index contributed by atoms with van der Waals surface area (Å²) in [5.41, 5.74) is 7.11. The summed E-state index contributed by atoms with van der Waals surface area (Å²) >= 11 is 1.58. The molecule has 6 heteroatoms. The molecule has 0 amide bonds. The number of nitrogens with zero attached hydrogens (tertiary/aromatic N) is 1. The fourth-order valence-corrected chi connectivity index (χ4v) is 3.58. The van der Waals surface area contributed by atoms with E-state index in [0.29, 0.717) is 19.3 Å². The average Bonchev–Trinajstić information content (AvgIpc) is 2.74. The predicted molar refractivity (Wildman–Crippen MR) is 70.0 cm³/mol. The van der Waals surface area contributed by atoms with Gasteiger partial charge in [-0.3, -0.25) is 0 Å². The smallest absolute Gasteiger partial charge is 0.327 e. The molecule has 1 heterocycles. The second kappa shape index (κ2) is 5.79. The summed E-state index contributed by atoms with van der Waals surface area (Å²) in [4.78, 5) is 4.36. The number of hydrogen-bond acceptors (Lipinski definition) is 3.